The molecule has 0 saturated carbocycles. The normalized spacial score (nSPS) is 11.9. The summed E-state index contributed by atoms with van der Waals surface area (Å²) in [5, 5.41) is 0.611. The molecule has 35 heavy (non-hydrogen) atoms. The molecule has 7 nitrogen and oxygen atoms in total. The lowest BCUT2D eigenvalue weighted by atomic mass is 10.1. The molecule has 4 rings (SSSR count). The van der Waals surface area contributed by atoms with Crippen molar-refractivity contribution in [1.29, 1.82) is 0 Å². The molecule has 0 fully saturated rings. The quantitative estimate of drug-likeness (QED) is 0.236. The fourth-order valence-electron chi connectivity index (χ4n) is 3.91. The second-order valence-electron chi connectivity index (χ2n) is 7.93. The number of para-hydroxylation sites is 1. The molecule has 0 spiro atoms. The third-order valence-corrected chi connectivity index (χ3v) is 6.83. The highest BCUT2D eigenvalue weighted by molar-refractivity contribution is 7.19. The van der Waals surface area contributed by atoms with Crippen LogP contribution in [0.5, 0.6) is 0 Å². The number of nitrogens with one attached hydrogen (secondary N) is 1. The third kappa shape index (κ3) is 4.85. The average molecular weight is 511 g/mol. The van der Waals surface area contributed by atoms with Crippen LogP contribution in [0.15, 0.2) is 42.5 Å². The van der Waals surface area contributed by atoms with E-state index in [1.165, 1.54) is 18.3 Å². The first-order valence-corrected chi connectivity index (χ1v) is 12.2. The summed E-state index contributed by atoms with van der Waals surface area (Å²) < 4.78 is 11.3. The van der Waals surface area contributed by atoms with Gasteiger partial charge in [-0.2, -0.15) is 0 Å². The number of thiophene rings is 1. The zero-order chi connectivity index (χ0) is 25.3. The van der Waals surface area contributed by atoms with Crippen LogP contribution < -0.4 is 0 Å². The van der Waals surface area contributed by atoms with Crippen molar-refractivity contribution in [3.63, 3.8) is 0 Å². The number of ketones is 1. The van der Waals surface area contributed by atoms with Gasteiger partial charge in [-0.1, -0.05) is 29.8 Å². The number of fused-ring (bicyclic) bond motifs is 1. The molecule has 1 N–H and O–H groups in total. The first-order valence-electron chi connectivity index (χ1n) is 11.0. The predicted octanol–water partition coefficient (Wildman–Crippen LogP) is 6.17. The van der Waals surface area contributed by atoms with Crippen molar-refractivity contribution in [2.45, 2.75) is 33.8 Å². The zero-order valence-electron chi connectivity index (χ0n) is 19.6. The molecule has 4 aromatic rings. The van der Waals surface area contributed by atoms with Gasteiger partial charge in [0.1, 0.15) is 0 Å². The van der Waals surface area contributed by atoms with Gasteiger partial charge in [-0.25, -0.2) is 14.6 Å². The summed E-state index contributed by atoms with van der Waals surface area (Å²) in [4.78, 5) is 47.1. The van der Waals surface area contributed by atoms with E-state index in [1.807, 2.05) is 12.1 Å². The summed E-state index contributed by atoms with van der Waals surface area (Å²) in [5.41, 5.74) is 2.99. The molecular formula is C26H23ClN2O5S. The topological polar surface area (TPSA) is 98.4 Å². The molecule has 180 valence electrons. The molecule has 0 bridgehead atoms. The van der Waals surface area contributed by atoms with Gasteiger partial charge < -0.3 is 14.5 Å². The van der Waals surface area contributed by atoms with Crippen LogP contribution in [0.4, 0.5) is 0 Å². The number of hydrogen-bond acceptors (Lipinski definition) is 7. The van der Waals surface area contributed by atoms with Crippen molar-refractivity contribution in [3.8, 4) is 10.6 Å². The van der Waals surface area contributed by atoms with Crippen LogP contribution in [-0.4, -0.2) is 40.4 Å². The Morgan fingerprint density at radius 1 is 1.11 bits per heavy atom. The average Bonchev–Trinajstić information content (AvgIpc) is 3.40. The molecule has 0 aliphatic rings. The first-order chi connectivity index (χ1) is 16.7. The number of benzene rings is 1. The summed E-state index contributed by atoms with van der Waals surface area (Å²) in [6.07, 6.45) is -1.10. The monoisotopic (exact) mass is 510 g/mol. The molecule has 0 radical (unpaired) electrons. The molecule has 1 aromatic carbocycles. The Labute approximate surface area is 211 Å². The van der Waals surface area contributed by atoms with Crippen molar-refractivity contribution >= 4 is 51.6 Å². The van der Waals surface area contributed by atoms with Gasteiger partial charge in [0.2, 0.25) is 5.78 Å². The number of H-pyrrole nitrogens is 1. The number of carbonyl (C=O) groups excluding carboxylic acids is 3. The minimum atomic E-state index is -1.10. The van der Waals surface area contributed by atoms with E-state index < -0.39 is 23.8 Å². The molecule has 0 aliphatic heterocycles. The number of rotatable bonds is 7. The van der Waals surface area contributed by atoms with Crippen LogP contribution >= 0.6 is 22.9 Å². The lowest BCUT2D eigenvalue weighted by Gasteiger charge is -2.14. The SMILES string of the molecule is CCOC(=O)c1c(C)[nH]c(C(=O)[C@@H](C)OC(=O)c2cc(-c3ccc(Cl)s3)nc3ccccc23)c1C. The summed E-state index contributed by atoms with van der Waals surface area (Å²) in [6, 6.07) is 12.5. The van der Waals surface area contributed by atoms with Gasteiger partial charge in [0, 0.05) is 11.1 Å². The molecule has 0 aliphatic carbocycles. The summed E-state index contributed by atoms with van der Waals surface area (Å²) in [5.74, 6) is -1.61. The van der Waals surface area contributed by atoms with E-state index in [0.717, 1.165) is 4.88 Å². The fraction of sp³-hybridized carbons (Fsp3) is 0.231. The molecule has 9 heteroatoms. The summed E-state index contributed by atoms with van der Waals surface area (Å²) >= 11 is 7.44. The largest absolute Gasteiger partial charge is 0.462 e. The van der Waals surface area contributed by atoms with E-state index in [1.54, 1.807) is 51.1 Å². The number of Topliss-reactive ketones (excluding diaryl/α,β-unsaturated/α-hetero) is 1. The van der Waals surface area contributed by atoms with Gasteiger partial charge in [-0.05, 0) is 57.5 Å². The Morgan fingerprint density at radius 3 is 2.54 bits per heavy atom. The lowest BCUT2D eigenvalue weighted by molar-refractivity contribution is 0.0318. The second-order valence-corrected chi connectivity index (χ2v) is 9.65. The number of aromatic nitrogens is 2. The Bertz CT molecular complexity index is 1460. The van der Waals surface area contributed by atoms with Crippen LogP contribution in [0.25, 0.3) is 21.5 Å². The van der Waals surface area contributed by atoms with Gasteiger partial charge >= 0.3 is 11.9 Å². The minimum absolute atomic E-state index is 0.208. The van der Waals surface area contributed by atoms with Crippen molar-refractivity contribution in [3.05, 3.63) is 74.9 Å². The maximum absolute atomic E-state index is 13.2. The molecular weight excluding hydrogens is 488 g/mol. The number of hydrogen-bond donors (Lipinski definition) is 1. The van der Waals surface area contributed by atoms with Crippen LogP contribution in [0.3, 0.4) is 0 Å². The Hall–Kier alpha value is -3.49. The fourth-order valence-corrected chi connectivity index (χ4v) is 4.91. The smallest absolute Gasteiger partial charge is 0.340 e. The minimum Gasteiger partial charge on any atom is -0.462 e. The van der Waals surface area contributed by atoms with E-state index in [4.69, 9.17) is 21.1 Å². The van der Waals surface area contributed by atoms with Gasteiger partial charge in [-0.3, -0.25) is 4.79 Å². The number of esters is 2. The summed E-state index contributed by atoms with van der Waals surface area (Å²) in [7, 11) is 0. The van der Waals surface area contributed by atoms with Gasteiger partial charge in [0.25, 0.3) is 0 Å². The number of carbonyl (C=O) groups is 3. The molecule has 0 unspecified atom stereocenters. The summed E-state index contributed by atoms with van der Waals surface area (Å²) in [6.45, 7) is 6.79. The van der Waals surface area contributed by atoms with E-state index in [-0.39, 0.29) is 12.3 Å². The van der Waals surface area contributed by atoms with Crippen LogP contribution in [-0.2, 0) is 9.47 Å². The van der Waals surface area contributed by atoms with E-state index in [2.05, 4.69) is 9.97 Å². The number of pyridine rings is 1. The van der Waals surface area contributed by atoms with Crippen molar-refractivity contribution in [1.82, 2.24) is 9.97 Å². The molecule has 1 atom stereocenters. The number of aryl methyl sites for hydroxylation is 1. The Balaban J connectivity index is 1.64. The zero-order valence-corrected chi connectivity index (χ0v) is 21.2. The second kappa shape index (κ2) is 10.0. The van der Waals surface area contributed by atoms with Gasteiger partial charge in [0.05, 0.1) is 43.9 Å². The number of aromatic amines is 1. The Morgan fingerprint density at radius 2 is 1.86 bits per heavy atom. The van der Waals surface area contributed by atoms with E-state index >= 15 is 0 Å². The van der Waals surface area contributed by atoms with Crippen LogP contribution in [0.2, 0.25) is 4.34 Å². The molecule has 3 aromatic heterocycles. The van der Waals surface area contributed by atoms with Crippen molar-refractivity contribution in [2.75, 3.05) is 6.61 Å². The highest BCUT2D eigenvalue weighted by Crippen LogP contribution is 2.32. The highest BCUT2D eigenvalue weighted by Gasteiger charge is 2.28. The van der Waals surface area contributed by atoms with Crippen LogP contribution in [0, 0.1) is 13.8 Å². The third-order valence-electron chi connectivity index (χ3n) is 5.58. The van der Waals surface area contributed by atoms with E-state index in [9.17, 15) is 14.4 Å². The number of halogens is 1. The number of ether oxygens (including phenoxy) is 2. The standard InChI is InChI=1S/C26H23ClN2O5S/c1-5-33-26(32)22-13(2)23(28-14(22)3)24(30)15(4)34-25(31)17-12-19(20-10-11-21(27)35-20)29-18-9-7-6-8-16(17)18/h6-12,15,28H,5H2,1-4H3/t15-/m1/s1. The van der Waals surface area contributed by atoms with Gasteiger partial charge in [0.15, 0.2) is 6.10 Å². The predicted molar refractivity (Wildman–Crippen MR) is 135 cm³/mol. The molecule has 0 saturated heterocycles. The maximum atomic E-state index is 13.2. The first kappa shape index (κ1) is 24.6. The molecule has 3 heterocycles. The maximum Gasteiger partial charge on any atom is 0.340 e. The highest BCUT2D eigenvalue weighted by atomic mass is 35.5. The lowest BCUT2D eigenvalue weighted by Crippen LogP contribution is -2.25. The van der Waals surface area contributed by atoms with E-state index in [0.29, 0.717) is 43.3 Å². The van der Waals surface area contributed by atoms with Crippen LogP contribution in [0.1, 0.15) is 56.3 Å². The van der Waals surface area contributed by atoms with Gasteiger partial charge in [-0.15, -0.1) is 11.3 Å². The Kier molecular flexibility index (Phi) is 7.05. The van der Waals surface area contributed by atoms with Crippen molar-refractivity contribution < 1.29 is 23.9 Å². The number of nitrogens with zero attached hydrogens (tertiary/aromatic N) is 1. The molecule has 0 amide bonds. The van der Waals surface area contributed by atoms with Crippen molar-refractivity contribution in [2.24, 2.45) is 0 Å².